The van der Waals surface area contributed by atoms with Gasteiger partial charge in [0.1, 0.15) is 0 Å². The Labute approximate surface area is 258 Å². The topological polar surface area (TPSA) is 86.6 Å². The Morgan fingerprint density at radius 3 is 1.86 bits per heavy atom. The highest BCUT2D eigenvalue weighted by molar-refractivity contribution is 5.90. The van der Waals surface area contributed by atoms with Crippen LogP contribution < -0.4 is 5.32 Å². The fourth-order valence-electron chi connectivity index (χ4n) is 4.54. The summed E-state index contributed by atoms with van der Waals surface area (Å²) in [4.78, 5) is 24.3. The molecule has 0 aliphatic carbocycles. The molecule has 0 bridgehead atoms. The third-order valence-electron chi connectivity index (χ3n) is 7.22. The lowest BCUT2D eigenvalue weighted by Gasteiger charge is -2.19. The average Bonchev–Trinajstić information content (AvgIpc) is 2.98. The van der Waals surface area contributed by atoms with Crippen LogP contribution in [0.3, 0.4) is 0 Å². The summed E-state index contributed by atoms with van der Waals surface area (Å²) in [7, 11) is 0. The second-order valence-electron chi connectivity index (χ2n) is 11.3. The summed E-state index contributed by atoms with van der Waals surface area (Å²) in [6.07, 6.45) is 40.0. The SMILES string of the molecule is CCCCC/C=C\C/C=C\C/C=C\C=C\C(=O)CCCC(=O)N[C@@H](CO)[C@H](O)/C=C/CCCCCCCCCCCC. The van der Waals surface area contributed by atoms with Gasteiger partial charge in [0.05, 0.1) is 18.8 Å². The summed E-state index contributed by atoms with van der Waals surface area (Å²) in [5.41, 5.74) is 0. The first-order valence-corrected chi connectivity index (χ1v) is 17.0. The van der Waals surface area contributed by atoms with E-state index in [0.717, 1.165) is 32.1 Å². The highest BCUT2D eigenvalue weighted by atomic mass is 16.3. The van der Waals surface area contributed by atoms with E-state index in [1.54, 1.807) is 12.2 Å². The molecule has 42 heavy (non-hydrogen) atoms. The van der Waals surface area contributed by atoms with Crippen LogP contribution in [0.15, 0.2) is 60.8 Å². The van der Waals surface area contributed by atoms with Crippen molar-refractivity contribution in [2.45, 2.75) is 154 Å². The van der Waals surface area contributed by atoms with Gasteiger partial charge in [0, 0.05) is 12.8 Å². The molecule has 0 aliphatic heterocycles. The van der Waals surface area contributed by atoms with Gasteiger partial charge in [0.25, 0.3) is 0 Å². The molecule has 240 valence electrons. The van der Waals surface area contributed by atoms with E-state index in [1.807, 2.05) is 18.2 Å². The van der Waals surface area contributed by atoms with E-state index in [-0.39, 0.29) is 31.1 Å². The van der Waals surface area contributed by atoms with Crippen LogP contribution in [0.5, 0.6) is 0 Å². The number of hydrogen-bond donors (Lipinski definition) is 3. The van der Waals surface area contributed by atoms with E-state index in [1.165, 1.54) is 83.1 Å². The Bertz CT molecular complexity index is 781. The van der Waals surface area contributed by atoms with Crippen molar-refractivity contribution in [2.75, 3.05) is 6.61 Å². The minimum absolute atomic E-state index is 0.0233. The molecule has 0 aliphatic rings. The van der Waals surface area contributed by atoms with Gasteiger partial charge >= 0.3 is 0 Å². The van der Waals surface area contributed by atoms with Gasteiger partial charge in [-0.2, -0.15) is 0 Å². The van der Waals surface area contributed by atoms with Gasteiger partial charge in [-0.3, -0.25) is 9.59 Å². The third-order valence-corrected chi connectivity index (χ3v) is 7.22. The number of aliphatic hydroxyl groups excluding tert-OH is 2. The number of amides is 1. The predicted molar refractivity (Wildman–Crippen MR) is 179 cm³/mol. The van der Waals surface area contributed by atoms with E-state index in [9.17, 15) is 19.8 Å². The van der Waals surface area contributed by atoms with Gasteiger partial charge in [0.2, 0.25) is 5.91 Å². The van der Waals surface area contributed by atoms with Gasteiger partial charge in [-0.1, -0.05) is 139 Å². The largest absolute Gasteiger partial charge is 0.394 e. The normalized spacial score (nSPS) is 13.8. The molecule has 0 heterocycles. The van der Waals surface area contributed by atoms with E-state index >= 15 is 0 Å². The zero-order valence-electron chi connectivity index (χ0n) is 27.0. The van der Waals surface area contributed by atoms with Crippen LogP contribution in [0.4, 0.5) is 0 Å². The number of ketones is 1. The molecule has 0 aromatic carbocycles. The molecule has 5 nitrogen and oxygen atoms in total. The van der Waals surface area contributed by atoms with E-state index in [4.69, 9.17) is 0 Å². The minimum Gasteiger partial charge on any atom is -0.394 e. The number of hydrogen-bond acceptors (Lipinski definition) is 4. The first kappa shape index (κ1) is 39.8. The number of nitrogens with one attached hydrogen (secondary N) is 1. The van der Waals surface area contributed by atoms with Crippen molar-refractivity contribution in [2.24, 2.45) is 0 Å². The molecule has 0 radical (unpaired) electrons. The molecule has 0 rings (SSSR count). The molecule has 0 saturated heterocycles. The lowest BCUT2D eigenvalue weighted by molar-refractivity contribution is -0.123. The first-order valence-electron chi connectivity index (χ1n) is 17.0. The van der Waals surface area contributed by atoms with Crippen LogP contribution >= 0.6 is 0 Å². The lowest BCUT2D eigenvalue weighted by atomic mass is 10.1. The van der Waals surface area contributed by atoms with Crippen LogP contribution in [0.25, 0.3) is 0 Å². The summed E-state index contributed by atoms with van der Waals surface area (Å²) in [5.74, 6) is -0.291. The molecule has 0 spiro atoms. The summed E-state index contributed by atoms with van der Waals surface area (Å²) in [6.45, 7) is 4.12. The summed E-state index contributed by atoms with van der Waals surface area (Å²) in [6, 6.07) is -0.738. The van der Waals surface area contributed by atoms with Crippen molar-refractivity contribution < 1.29 is 19.8 Å². The summed E-state index contributed by atoms with van der Waals surface area (Å²) < 4.78 is 0. The lowest BCUT2D eigenvalue weighted by Crippen LogP contribution is -2.45. The summed E-state index contributed by atoms with van der Waals surface area (Å²) >= 11 is 0. The molecule has 0 fully saturated rings. The maximum absolute atomic E-state index is 12.3. The van der Waals surface area contributed by atoms with E-state index in [2.05, 4.69) is 43.5 Å². The Balaban J connectivity index is 3.94. The second-order valence-corrected chi connectivity index (χ2v) is 11.3. The first-order chi connectivity index (χ1) is 20.5. The van der Waals surface area contributed by atoms with Crippen molar-refractivity contribution in [1.82, 2.24) is 5.32 Å². The molecule has 0 aromatic rings. The van der Waals surface area contributed by atoms with E-state index in [0.29, 0.717) is 6.42 Å². The van der Waals surface area contributed by atoms with Crippen LogP contribution in [0.2, 0.25) is 0 Å². The van der Waals surface area contributed by atoms with Crippen molar-refractivity contribution in [3.63, 3.8) is 0 Å². The molecular weight excluding hydrogens is 522 g/mol. The highest BCUT2D eigenvalue weighted by Gasteiger charge is 2.18. The van der Waals surface area contributed by atoms with Gasteiger partial charge in [0.15, 0.2) is 5.78 Å². The second kappa shape index (κ2) is 31.7. The number of carbonyl (C=O) groups excluding carboxylic acids is 2. The summed E-state index contributed by atoms with van der Waals surface area (Å²) in [5, 5.41) is 22.6. The smallest absolute Gasteiger partial charge is 0.220 e. The molecule has 0 unspecified atom stereocenters. The van der Waals surface area contributed by atoms with Crippen LogP contribution in [0.1, 0.15) is 142 Å². The van der Waals surface area contributed by atoms with Crippen molar-refractivity contribution in [3.8, 4) is 0 Å². The van der Waals surface area contributed by atoms with Crippen molar-refractivity contribution >= 4 is 11.7 Å². The van der Waals surface area contributed by atoms with Crippen LogP contribution in [-0.4, -0.2) is 40.7 Å². The number of carbonyl (C=O) groups is 2. The quantitative estimate of drug-likeness (QED) is 0.0354. The standard InChI is InChI=1S/C37H63NO4/c1-3-5-7-9-11-13-15-17-18-20-22-24-26-29-34(40)30-28-32-37(42)38-35(33-39)36(41)31-27-25-23-21-19-16-14-12-10-8-6-4-2/h11,13,17-18,22,24,26-27,29,31,35-36,39,41H,3-10,12,14-16,19-21,23,25,28,30,32-33H2,1-2H3,(H,38,42)/b13-11-,18-17-,24-22-,29-26+,31-27+/t35-,36+/m0/s1. The monoisotopic (exact) mass is 585 g/mol. The maximum atomic E-state index is 12.3. The Hall–Kier alpha value is -2.24. The fraction of sp³-hybridized carbons (Fsp3) is 0.676. The van der Waals surface area contributed by atoms with Gasteiger partial charge in [-0.15, -0.1) is 0 Å². The molecule has 3 N–H and O–H groups in total. The molecular formula is C37H63NO4. The molecule has 0 saturated carbocycles. The maximum Gasteiger partial charge on any atom is 0.220 e. The fourth-order valence-corrected chi connectivity index (χ4v) is 4.54. The highest BCUT2D eigenvalue weighted by Crippen LogP contribution is 2.12. The van der Waals surface area contributed by atoms with Crippen LogP contribution in [-0.2, 0) is 9.59 Å². The Kier molecular flexibility index (Phi) is 30.0. The van der Waals surface area contributed by atoms with Gasteiger partial charge in [-0.05, 0) is 51.0 Å². The number of aliphatic hydroxyl groups is 2. The zero-order chi connectivity index (χ0) is 30.9. The third kappa shape index (κ3) is 27.9. The van der Waals surface area contributed by atoms with Gasteiger partial charge in [-0.25, -0.2) is 0 Å². The average molecular weight is 586 g/mol. The molecule has 2 atom stereocenters. The van der Waals surface area contributed by atoms with E-state index < -0.39 is 12.1 Å². The predicted octanol–water partition coefficient (Wildman–Crippen LogP) is 9.02. The van der Waals surface area contributed by atoms with Crippen molar-refractivity contribution in [1.29, 1.82) is 0 Å². The zero-order valence-corrected chi connectivity index (χ0v) is 27.0. The van der Waals surface area contributed by atoms with Crippen LogP contribution in [0, 0.1) is 0 Å². The molecule has 1 amide bonds. The molecule has 5 heteroatoms. The van der Waals surface area contributed by atoms with Gasteiger partial charge < -0.3 is 15.5 Å². The van der Waals surface area contributed by atoms with Crippen molar-refractivity contribution in [3.05, 3.63) is 60.8 Å². The number of unbranched alkanes of at least 4 members (excludes halogenated alkanes) is 13. The number of rotatable bonds is 29. The Morgan fingerprint density at radius 1 is 0.643 bits per heavy atom. The number of allylic oxidation sites excluding steroid dienone is 9. The minimum atomic E-state index is -0.930. The molecule has 0 aromatic heterocycles. The Morgan fingerprint density at radius 2 is 1.19 bits per heavy atom.